The summed E-state index contributed by atoms with van der Waals surface area (Å²) in [5.41, 5.74) is 1.09. The van der Waals surface area contributed by atoms with Gasteiger partial charge in [-0.3, -0.25) is 0 Å². The Morgan fingerprint density at radius 1 is 0.647 bits per heavy atom. The maximum atomic E-state index is 8.34. The van der Waals surface area contributed by atoms with Gasteiger partial charge in [-0.15, -0.1) is 11.6 Å². The van der Waals surface area contributed by atoms with Crippen LogP contribution in [0.1, 0.15) is 24.8 Å². The third-order valence-corrected chi connectivity index (χ3v) is 7.82. The molecule has 0 aliphatic rings. The molecule has 0 aliphatic heterocycles. The topological polar surface area (TPSA) is 33.0 Å². The van der Waals surface area contributed by atoms with Crippen LogP contribution in [0.2, 0.25) is 0 Å². The molecule has 0 amide bonds. The van der Waals surface area contributed by atoms with Crippen molar-refractivity contribution in [3.05, 3.63) is 121 Å². The average Bonchev–Trinajstić information content (AvgIpc) is 2.91. The van der Waals surface area contributed by atoms with Gasteiger partial charge in [0.25, 0.3) is 0 Å². The second-order valence-corrected chi connectivity index (χ2v) is 10.1. The molecule has 4 heteroatoms. The van der Waals surface area contributed by atoms with Gasteiger partial charge < -0.3 is 4.74 Å². The van der Waals surface area contributed by atoms with E-state index in [0.717, 1.165) is 24.2 Å². The Bertz CT molecular complexity index is 1020. The summed E-state index contributed by atoms with van der Waals surface area (Å²) in [6.07, 6.45) is 2.43. The molecule has 34 heavy (non-hydrogen) atoms. The van der Waals surface area contributed by atoms with Gasteiger partial charge in [0.1, 0.15) is 5.75 Å². The monoisotopic (exact) mass is 485 g/mol. The van der Waals surface area contributed by atoms with Crippen LogP contribution < -0.4 is 20.7 Å². The highest BCUT2D eigenvalue weighted by Crippen LogP contribution is 2.32. The highest BCUT2D eigenvalue weighted by molar-refractivity contribution is 7.79. The van der Waals surface area contributed by atoms with Gasteiger partial charge in [-0.1, -0.05) is 103 Å². The van der Waals surface area contributed by atoms with Gasteiger partial charge in [0, 0.05) is 12.3 Å². The summed E-state index contributed by atoms with van der Waals surface area (Å²) in [5, 5.41) is 12.5. The molecule has 2 nitrogen and oxygen atoms in total. The lowest BCUT2D eigenvalue weighted by Crippen LogP contribution is -2.20. The summed E-state index contributed by atoms with van der Waals surface area (Å²) >= 11 is 5.67. The van der Waals surface area contributed by atoms with Crippen LogP contribution >= 0.6 is 19.5 Å². The summed E-state index contributed by atoms with van der Waals surface area (Å²) in [5.74, 6) is 1.39. The fraction of sp³-hybridized carbons (Fsp3) is 0.167. The Morgan fingerprint density at radius 3 is 1.53 bits per heavy atom. The smallest absolute Gasteiger partial charge is 0.119 e. The van der Waals surface area contributed by atoms with E-state index in [1.54, 1.807) is 0 Å². The van der Waals surface area contributed by atoms with E-state index in [1.165, 1.54) is 15.9 Å². The number of nitrogens with zero attached hydrogens (tertiary/aromatic N) is 1. The van der Waals surface area contributed by atoms with Crippen molar-refractivity contribution in [2.24, 2.45) is 0 Å². The number of rotatable bonds is 9. The van der Waals surface area contributed by atoms with Crippen LogP contribution in [-0.4, -0.2) is 6.61 Å². The molecule has 0 saturated heterocycles. The van der Waals surface area contributed by atoms with Crippen molar-refractivity contribution >= 4 is 35.4 Å². The third kappa shape index (κ3) is 8.35. The van der Waals surface area contributed by atoms with E-state index < -0.39 is 7.92 Å². The standard InChI is InChI=1S/C18H15P.C12H14ClNO/c1-4-10-16(11-5-1)19(17-12-6-2-7-13-17)18-14-8-3-9-15-18;13-10-11-4-6-12(7-5-11)15-9-3-1-2-8-14/h1-15H;4-7H,1-3,9-10H2. The molecule has 0 radical (unpaired) electrons. The van der Waals surface area contributed by atoms with E-state index in [2.05, 4.69) is 97.1 Å². The zero-order chi connectivity index (χ0) is 23.8. The first kappa shape index (κ1) is 25.5. The molecule has 4 rings (SSSR count). The second-order valence-electron chi connectivity index (χ2n) is 7.58. The van der Waals surface area contributed by atoms with E-state index in [-0.39, 0.29) is 0 Å². The second kappa shape index (κ2) is 14.9. The molecule has 0 N–H and O–H groups in total. The largest absolute Gasteiger partial charge is 0.494 e. The number of nitriles is 1. The minimum Gasteiger partial charge on any atom is -0.494 e. The lowest BCUT2D eigenvalue weighted by Gasteiger charge is -2.18. The lowest BCUT2D eigenvalue weighted by atomic mass is 10.2. The average molecular weight is 486 g/mol. The summed E-state index contributed by atoms with van der Waals surface area (Å²) in [6, 6.07) is 42.2. The number of hydrogen-bond donors (Lipinski definition) is 0. The first-order valence-corrected chi connectivity index (χ1v) is 13.3. The number of unbranched alkanes of at least 4 members (excludes halogenated alkanes) is 2. The number of halogens is 1. The van der Waals surface area contributed by atoms with E-state index >= 15 is 0 Å². The van der Waals surface area contributed by atoms with E-state index in [9.17, 15) is 0 Å². The minimum absolute atomic E-state index is 0.446. The molecule has 0 saturated carbocycles. The van der Waals surface area contributed by atoms with Crippen LogP contribution in [0.3, 0.4) is 0 Å². The van der Waals surface area contributed by atoms with Crippen LogP contribution in [0.5, 0.6) is 5.75 Å². The molecule has 0 atom stereocenters. The highest BCUT2D eigenvalue weighted by Gasteiger charge is 2.14. The zero-order valence-electron chi connectivity index (χ0n) is 19.2. The third-order valence-electron chi connectivity index (χ3n) is 5.07. The molecule has 0 heterocycles. The molecular formula is C30H29ClNOP. The van der Waals surface area contributed by atoms with Crippen molar-refractivity contribution in [2.45, 2.75) is 25.1 Å². The predicted octanol–water partition coefficient (Wildman–Crippen LogP) is 6.94. The van der Waals surface area contributed by atoms with Gasteiger partial charge >= 0.3 is 0 Å². The van der Waals surface area contributed by atoms with E-state index in [1.807, 2.05) is 24.3 Å². The van der Waals surface area contributed by atoms with Gasteiger partial charge in [-0.25, -0.2) is 0 Å². The SMILES string of the molecule is N#CCCCCOc1ccc(CCl)cc1.c1ccc(P(c2ccccc2)c2ccccc2)cc1. The Morgan fingerprint density at radius 2 is 1.12 bits per heavy atom. The first-order valence-electron chi connectivity index (χ1n) is 11.4. The van der Waals surface area contributed by atoms with Crippen LogP contribution in [-0.2, 0) is 5.88 Å². The molecule has 0 aromatic heterocycles. The van der Waals surface area contributed by atoms with Crippen LogP contribution in [0.15, 0.2) is 115 Å². The quantitative estimate of drug-likeness (QED) is 0.146. The normalized spacial score (nSPS) is 10.1. The molecule has 0 unspecified atom stereocenters. The van der Waals surface area contributed by atoms with Gasteiger partial charge in [0.05, 0.1) is 12.7 Å². The summed E-state index contributed by atoms with van der Waals surface area (Å²) in [7, 11) is -0.446. The highest BCUT2D eigenvalue weighted by atomic mass is 35.5. The Hall–Kier alpha value is -3.11. The van der Waals surface area contributed by atoms with Gasteiger partial charge in [-0.05, 0) is 54.4 Å². The Kier molecular flexibility index (Phi) is 11.2. The summed E-state index contributed by atoms with van der Waals surface area (Å²) < 4.78 is 5.50. The molecule has 0 fully saturated rings. The molecule has 0 aliphatic carbocycles. The molecule has 172 valence electrons. The lowest BCUT2D eigenvalue weighted by molar-refractivity contribution is 0.307. The van der Waals surface area contributed by atoms with Crippen LogP contribution in [0, 0.1) is 11.3 Å². The van der Waals surface area contributed by atoms with Crippen molar-refractivity contribution in [1.82, 2.24) is 0 Å². The van der Waals surface area contributed by atoms with Crippen LogP contribution in [0.4, 0.5) is 0 Å². The number of benzene rings is 4. The first-order chi connectivity index (χ1) is 16.8. The van der Waals surface area contributed by atoms with E-state index in [0.29, 0.717) is 18.9 Å². The van der Waals surface area contributed by atoms with Crippen molar-refractivity contribution in [2.75, 3.05) is 6.61 Å². The maximum absolute atomic E-state index is 8.34. The fourth-order valence-electron chi connectivity index (χ4n) is 3.35. The number of hydrogen-bond acceptors (Lipinski definition) is 2. The van der Waals surface area contributed by atoms with Crippen molar-refractivity contribution < 1.29 is 4.74 Å². The molecule has 4 aromatic rings. The van der Waals surface area contributed by atoms with E-state index in [4.69, 9.17) is 21.6 Å². The molecule has 0 bridgehead atoms. The molecular weight excluding hydrogens is 457 g/mol. The van der Waals surface area contributed by atoms with Gasteiger partial charge in [-0.2, -0.15) is 5.26 Å². The minimum atomic E-state index is -0.446. The summed E-state index contributed by atoms with van der Waals surface area (Å²) in [4.78, 5) is 0. The molecule has 4 aromatic carbocycles. The number of ether oxygens (including phenoxy) is 1. The summed E-state index contributed by atoms with van der Waals surface area (Å²) in [6.45, 7) is 0.669. The maximum Gasteiger partial charge on any atom is 0.119 e. The Balaban J connectivity index is 0.000000197. The van der Waals surface area contributed by atoms with Crippen LogP contribution in [0.25, 0.3) is 0 Å². The number of alkyl halides is 1. The molecule has 0 spiro atoms. The fourth-order valence-corrected chi connectivity index (χ4v) is 5.83. The Labute approximate surface area is 209 Å². The van der Waals surface area contributed by atoms with Gasteiger partial charge in [0.15, 0.2) is 0 Å². The predicted molar refractivity (Wildman–Crippen MR) is 146 cm³/mol. The van der Waals surface area contributed by atoms with Crippen molar-refractivity contribution in [3.8, 4) is 11.8 Å². The van der Waals surface area contributed by atoms with Crippen molar-refractivity contribution in [1.29, 1.82) is 5.26 Å². The van der Waals surface area contributed by atoms with Crippen molar-refractivity contribution in [3.63, 3.8) is 0 Å². The zero-order valence-corrected chi connectivity index (χ0v) is 20.8. The van der Waals surface area contributed by atoms with Gasteiger partial charge in [0.2, 0.25) is 0 Å².